The molecule has 6 N–H and O–H groups in total. The van der Waals surface area contributed by atoms with Gasteiger partial charge in [0.1, 0.15) is 30.5 Å². The lowest BCUT2D eigenvalue weighted by molar-refractivity contribution is -0.126. The van der Waals surface area contributed by atoms with E-state index in [0.717, 1.165) is 28.0 Å². The second-order valence-electron chi connectivity index (χ2n) is 12.1. The normalized spacial score (nSPS) is 15.4. The van der Waals surface area contributed by atoms with Gasteiger partial charge in [0.15, 0.2) is 17.0 Å². The minimum absolute atomic E-state index is 0.0719. The molecule has 0 radical (unpaired) electrons. The van der Waals surface area contributed by atoms with E-state index in [1.54, 1.807) is 6.92 Å². The van der Waals surface area contributed by atoms with Crippen LogP contribution < -0.4 is 31.7 Å². The van der Waals surface area contributed by atoms with Crippen LogP contribution in [0.2, 0.25) is 0 Å². The summed E-state index contributed by atoms with van der Waals surface area (Å²) in [5.74, 6) is -0.0799. The highest BCUT2D eigenvalue weighted by molar-refractivity contribution is 5.97. The van der Waals surface area contributed by atoms with Gasteiger partial charge in [-0.15, -0.1) is 5.48 Å². The molecule has 3 aromatic carbocycles. The van der Waals surface area contributed by atoms with Crippen LogP contribution in [-0.2, 0) is 40.5 Å². The van der Waals surface area contributed by atoms with Crippen molar-refractivity contribution < 1.29 is 33.2 Å². The van der Waals surface area contributed by atoms with Crippen LogP contribution in [-0.4, -0.2) is 35.0 Å². The van der Waals surface area contributed by atoms with Gasteiger partial charge in [-0.2, -0.15) is 0 Å². The van der Waals surface area contributed by atoms with Crippen LogP contribution in [0.5, 0.6) is 11.5 Å². The number of benzene rings is 3. The third-order valence-electron chi connectivity index (χ3n) is 8.20. The molecule has 2 heterocycles. The number of nitrogens with one attached hydrogen (secondary N) is 2. The second kappa shape index (κ2) is 15.5. The lowest BCUT2D eigenvalue weighted by Crippen LogP contribution is -2.57. The maximum Gasteiger partial charge on any atom is 0.271 e. The van der Waals surface area contributed by atoms with Crippen molar-refractivity contribution in [2.75, 3.05) is 6.54 Å². The van der Waals surface area contributed by atoms with E-state index in [9.17, 15) is 14.4 Å². The van der Waals surface area contributed by atoms with Gasteiger partial charge in [0.25, 0.3) is 5.91 Å². The van der Waals surface area contributed by atoms with Crippen molar-refractivity contribution in [1.82, 2.24) is 16.0 Å². The number of nitrogens with two attached hydrogens (primary N) is 2. The molecule has 49 heavy (non-hydrogen) atoms. The van der Waals surface area contributed by atoms with Gasteiger partial charge in [-0.3, -0.25) is 14.4 Å². The summed E-state index contributed by atoms with van der Waals surface area (Å²) < 4.78 is 18.4. The van der Waals surface area contributed by atoms with Gasteiger partial charge >= 0.3 is 0 Å². The van der Waals surface area contributed by atoms with Gasteiger partial charge in [0.05, 0.1) is 12.1 Å². The van der Waals surface area contributed by atoms with Crippen molar-refractivity contribution in [3.05, 3.63) is 118 Å². The van der Waals surface area contributed by atoms with E-state index < -0.39 is 17.4 Å². The fraction of sp³-hybridized carbons (Fsp3) is 0.297. The summed E-state index contributed by atoms with van der Waals surface area (Å²) in [7, 11) is 0. The summed E-state index contributed by atoms with van der Waals surface area (Å²) >= 11 is 0. The third-order valence-corrected chi connectivity index (χ3v) is 8.20. The van der Waals surface area contributed by atoms with Crippen molar-refractivity contribution in [2.24, 2.45) is 11.5 Å². The largest absolute Gasteiger partial charge is 0.488 e. The fourth-order valence-electron chi connectivity index (χ4n) is 5.38. The predicted octanol–water partition coefficient (Wildman–Crippen LogP) is 4.47. The smallest absolute Gasteiger partial charge is 0.271 e. The average Bonchev–Trinajstić information content (AvgIpc) is 3.74. The van der Waals surface area contributed by atoms with E-state index in [1.807, 2.05) is 66.7 Å². The topological polar surface area (TPSA) is 181 Å². The number of hydrogen-bond acceptors (Lipinski definition) is 9. The fourth-order valence-corrected chi connectivity index (χ4v) is 5.38. The second-order valence-corrected chi connectivity index (χ2v) is 12.1. The zero-order chi connectivity index (χ0) is 35.0. The summed E-state index contributed by atoms with van der Waals surface area (Å²) in [6.45, 7) is 6.43. The molecule has 1 aromatic heterocycles. The SMILES string of the molecule is CCC(=O)NCC1(C(N)=O)C=C(c2c(C(N)=O)noc2CCc2cc(C(C)C)c(OCc3ccccc3)cc2OCc2ccccc2)ON1. The van der Waals surface area contributed by atoms with Crippen LogP contribution in [0.25, 0.3) is 5.76 Å². The molecule has 0 spiro atoms. The number of amides is 3. The average molecular weight is 668 g/mol. The number of carbonyl (C=O) groups is 3. The molecule has 3 amide bonds. The van der Waals surface area contributed by atoms with Gasteiger partial charge in [-0.05, 0) is 46.7 Å². The Bertz CT molecular complexity index is 1820. The van der Waals surface area contributed by atoms with Crippen molar-refractivity contribution >= 4 is 23.5 Å². The molecular weight excluding hydrogens is 626 g/mol. The number of hydrogen-bond donors (Lipinski definition) is 4. The van der Waals surface area contributed by atoms with Gasteiger partial charge < -0.3 is 35.6 Å². The summed E-state index contributed by atoms with van der Waals surface area (Å²) in [6, 6.07) is 23.8. The van der Waals surface area contributed by atoms with Crippen LogP contribution in [0.4, 0.5) is 0 Å². The summed E-state index contributed by atoms with van der Waals surface area (Å²) in [6.07, 6.45) is 2.29. The van der Waals surface area contributed by atoms with Crippen LogP contribution in [0.15, 0.2) is 83.4 Å². The molecule has 0 saturated carbocycles. The Kier molecular flexibility index (Phi) is 11.0. The minimum atomic E-state index is -1.58. The molecule has 4 aromatic rings. The number of aromatic nitrogens is 1. The molecule has 0 saturated heterocycles. The molecule has 0 bridgehead atoms. The minimum Gasteiger partial charge on any atom is -0.488 e. The van der Waals surface area contributed by atoms with Crippen molar-refractivity contribution in [1.29, 1.82) is 0 Å². The van der Waals surface area contributed by atoms with Crippen LogP contribution in [0, 0.1) is 0 Å². The summed E-state index contributed by atoms with van der Waals surface area (Å²) in [4.78, 5) is 42.6. The maximum atomic E-state index is 12.5. The molecule has 1 aliphatic heterocycles. The number of primary amides is 2. The molecule has 5 rings (SSSR count). The number of ether oxygens (including phenoxy) is 2. The van der Waals surface area contributed by atoms with Gasteiger partial charge in [0, 0.05) is 18.9 Å². The Morgan fingerprint density at radius 3 is 2.12 bits per heavy atom. The molecular formula is C37H41N5O7. The number of hydroxylamine groups is 1. The van der Waals surface area contributed by atoms with E-state index in [-0.39, 0.29) is 48.2 Å². The highest BCUT2D eigenvalue weighted by atomic mass is 16.7. The quantitative estimate of drug-likeness (QED) is 0.134. The summed E-state index contributed by atoms with van der Waals surface area (Å²) in [5, 5.41) is 6.58. The summed E-state index contributed by atoms with van der Waals surface area (Å²) in [5.41, 5.74) is 16.3. The van der Waals surface area contributed by atoms with Gasteiger partial charge in [-0.1, -0.05) is 86.6 Å². The zero-order valence-electron chi connectivity index (χ0n) is 27.8. The van der Waals surface area contributed by atoms with E-state index in [0.29, 0.717) is 31.1 Å². The van der Waals surface area contributed by atoms with E-state index >= 15 is 0 Å². The first-order valence-electron chi connectivity index (χ1n) is 16.1. The van der Waals surface area contributed by atoms with Crippen LogP contribution in [0.3, 0.4) is 0 Å². The monoisotopic (exact) mass is 667 g/mol. The highest BCUT2D eigenvalue weighted by Gasteiger charge is 2.43. The van der Waals surface area contributed by atoms with E-state index in [1.165, 1.54) is 6.08 Å². The first kappa shape index (κ1) is 34.7. The molecule has 256 valence electrons. The first-order chi connectivity index (χ1) is 23.6. The Labute approximate surface area is 284 Å². The third kappa shape index (κ3) is 8.28. The molecule has 12 nitrogen and oxygen atoms in total. The Hall–Kier alpha value is -5.62. The van der Waals surface area contributed by atoms with E-state index in [2.05, 4.69) is 35.9 Å². The van der Waals surface area contributed by atoms with Crippen molar-refractivity contribution in [2.45, 2.75) is 64.7 Å². The molecule has 12 heteroatoms. The zero-order valence-corrected chi connectivity index (χ0v) is 27.8. The molecule has 0 fully saturated rings. The Morgan fingerprint density at radius 2 is 1.55 bits per heavy atom. The predicted molar refractivity (Wildman–Crippen MR) is 182 cm³/mol. The van der Waals surface area contributed by atoms with Crippen LogP contribution in [0.1, 0.15) is 77.2 Å². The Balaban J connectivity index is 1.47. The standard InChI is InChI=1S/C37H41N5O7/c1-4-32(43)40-22-37(36(39)45)19-31(49-42-37)33-28(48-41-34(33)35(38)44)16-15-26-17-27(23(2)3)30(47-21-25-13-9-6-10-14-25)18-29(26)46-20-24-11-7-5-8-12-24/h5-14,17-19,23,42H,4,15-16,20-22H2,1-3H3,(H2,38,44)(H2,39,45)(H,40,43). The lowest BCUT2D eigenvalue weighted by Gasteiger charge is -2.22. The lowest BCUT2D eigenvalue weighted by atomic mass is 9.94. The first-order valence-corrected chi connectivity index (χ1v) is 16.1. The van der Waals surface area contributed by atoms with E-state index in [4.69, 9.17) is 30.3 Å². The van der Waals surface area contributed by atoms with Crippen LogP contribution >= 0.6 is 0 Å². The number of aryl methyl sites for hydroxylation is 2. The number of rotatable bonds is 16. The number of carbonyl (C=O) groups excluding carboxylic acids is 3. The van der Waals surface area contributed by atoms with Gasteiger partial charge in [-0.25, -0.2) is 0 Å². The van der Waals surface area contributed by atoms with Crippen molar-refractivity contribution in [3.8, 4) is 11.5 Å². The molecule has 1 unspecified atom stereocenters. The van der Waals surface area contributed by atoms with Gasteiger partial charge in [0.2, 0.25) is 11.8 Å². The molecule has 0 aliphatic carbocycles. The Morgan fingerprint density at radius 1 is 0.918 bits per heavy atom. The maximum absolute atomic E-state index is 12.5. The van der Waals surface area contributed by atoms with Crippen molar-refractivity contribution in [3.63, 3.8) is 0 Å². The molecule has 1 aliphatic rings. The number of nitrogens with zero attached hydrogens (tertiary/aromatic N) is 1. The highest BCUT2D eigenvalue weighted by Crippen LogP contribution is 2.37. The molecule has 1 atom stereocenters.